The molecular weight excluding hydrogens is 302 g/mol. The summed E-state index contributed by atoms with van der Waals surface area (Å²) in [5.74, 6) is -0.0101. The maximum Gasteiger partial charge on any atom is 0.275 e. The van der Waals surface area contributed by atoms with Crippen LogP contribution in [-0.2, 0) is 11.3 Å². The fourth-order valence-electron chi connectivity index (χ4n) is 2.07. The molecule has 8 heteroatoms. The summed E-state index contributed by atoms with van der Waals surface area (Å²) in [5.41, 5.74) is 0.509. The average Bonchev–Trinajstić information content (AvgIpc) is 2.79. The first-order chi connectivity index (χ1) is 10.4. The fourth-order valence-corrected chi connectivity index (χ4v) is 3.05. The summed E-state index contributed by atoms with van der Waals surface area (Å²) in [6.45, 7) is 9.20. The van der Waals surface area contributed by atoms with Gasteiger partial charge in [0.25, 0.3) is 5.56 Å². The van der Waals surface area contributed by atoms with Gasteiger partial charge in [-0.25, -0.2) is 4.98 Å². The molecule has 7 nitrogen and oxygen atoms in total. The normalized spacial score (nSPS) is 11.5. The van der Waals surface area contributed by atoms with Crippen LogP contribution in [0.3, 0.4) is 0 Å². The molecule has 0 bridgehead atoms. The highest BCUT2D eigenvalue weighted by molar-refractivity contribution is 7.16. The summed E-state index contributed by atoms with van der Waals surface area (Å²) in [5, 5.41) is 7.94. The maximum absolute atomic E-state index is 11.9. The largest absolute Gasteiger partial charge is 0.353 e. The molecule has 0 atom stereocenters. The first-order valence-electron chi connectivity index (χ1n) is 7.27. The first-order valence-corrected chi connectivity index (χ1v) is 8.08. The fraction of sp³-hybridized carbons (Fsp3) is 0.571. The number of rotatable bonds is 6. The van der Waals surface area contributed by atoms with Gasteiger partial charge in [-0.2, -0.15) is 9.61 Å². The number of hydrogen-bond donors (Lipinski definition) is 1. The van der Waals surface area contributed by atoms with Crippen molar-refractivity contribution in [2.24, 2.45) is 0 Å². The van der Waals surface area contributed by atoms with Gasteiger partial charge in [-0.05, 0) is 27.3 Å². The first kappa shape index (κ1) is 16.6. The van der Waals surface area contributed by atoms with E-state index in [1.54, 1.807) is 6.92 Å². The highest BCUT2D eigenvalue weighted by atomic mass is 32.1. The summed E-state index contributed by atoms with van der Waals surface area (Å²) in [4.78, 5) is 30.6. The Kier molecular flexibility index (Phi) is 5.25. The summed E-state index contributed by atoms with van der Waals surface area (Å²) in [6, 6.07) is 1.59. The molecule has 1 amide bonds. The molecule has 120 valence electrons. The van der Waals surface area contributed by atoms with Crippen LogP contribution in [0.4, 0.5) is 0 Å². The number of carbonyl (C=O) groups is 1. The molecule has 0 radical (unpaired) electrons. The van der Waals surface area contributed by atoms with E-state index in [1.165, 1.54) is 21.9 Å². The van der Waals surface area contributed by atoms with Gasteiger partial charge >= 0.3 is 0 Å². The Morgan fingerprint density at radius 1 is 1.50 bits per heavy atom. The third-order valence-corrected chi connectivity index (χ3v) is 3.93. The zero-order valence-electron chi connectivity index (χ0n) is 13.3. The van der Waals surface area contributed by atoms with Crippen LogP contribution < -0.4 is 10.9 Å². The Labute approximate surface area is 133 Å². The molecule has 2 rings (SSSR count). The number of nitrogens with one attached hydrogen (secondary N) is 1. The van der Waals surface area contributed by atoms with Crippen molar-refractivity contribution in [1.29, 1.82) is 0 Å². The van der Waals surface area contributed by atoms with Crippen LogP contribution in [0.15, 0.2) is 10.9 Å². The van der Waals surface area contributed by atoms with Crippen molar-refractivity contribution in [2.45, 2.75) is 40.3 Å². The maximum atomic E-state index is 11.9. The Bertz CT molecular complexity index is 722. The molecule has 2 heterocycles. The molecule has 0 fully saturated rings. The van der Waals surface area contributed by atoms with Crippen molar-refractivity contribution in [3.05, 3.63) is 27.1 Å². The second kappa shape index (κ2) is 6.97. The number of hydrogen-bond acceptors (Lipinski definition) is 6. The average molecular weight is 323 g/mol. The van der Waals surface area contributed by atoms with E-state index in [4.69, 9.17) is 0 Å². The van der Waals surface area contributed by atoms with Crippen LogP contribution in [0.5, 0.6) is 0 Å². The van der Waals surface area contributed by atoms with Crippen LogP contribution >= 0.6 is 11.3 Å². The number of fused-ring (bicyclic) bond motifs is 1. The smallest absolute Gasteiger partial charge is 0.275 e. The molecule has 1 N–H and O–H groups in total. The lowest BCUT2D eigenvalue weighted by molar-refractivity contribution is -0.122. The van der Waals surface area contributed by atoms with Crippen molar-refractivity contribution >= 4 is 22.2 Å². The summed E-state index contributed by atoms with van der Waals surface area (Å²) in [7, 11) is 0. The van der Waals surface area contributed by atoms with E-state index in [1.807, 2.05) is 25.7 Å². The molecule has 0 aliphatic carbocycles. The van der Waals surface area contributed by atoms with Gasteiger partial charge in [-0.1, -0.05) is 18.3 Å². The predicted octanol–water partition coefficient (Wildman–Crippen LogP) is 0.806. The molecule has 2 aromatic heterocycles. The summed E-state index contributed by atoms with van der Waals surface area (Å²) in [6.07, 6.45) is 0. The quantitative estimate of drug-likeness (QED) is 0.851. The number of nitrogens with zero attached hydrogens (tertiary/aromatic N) is 4. The zero-order valence-corrected chi connectivity index (χ0v) is 14.1. The number of likely N-dealkylation sites (N-methyl/N-ethyl adjacent to an activating group) is 1. The molecule has 0 aromatic carbocycles. The molecule has 2 aromatic rings. The Morgan fingerprint density at radius 3 is 2.86 bits per heavy atom. The lowest BCUT2D eigenvalue weighted by atomic mass is 10.3. The van der Waals surface area contributed by atoms with Crippen molar-refractivity contribution in [3.63, 3.8) is 0 Å². The van der Waals surface area contributed by atoms with Crippen LogP contribution in [0.2, 0.25) is 0 Å². The topological polar surface area (TPSA) is 79.6 Å². The number of amides is 1. The summed E-state index contributed by atoms with van der Waals surface area (Å²) >= 11 is 1.38. The SMILES string of the molecule is CCN(CC(=O)NC(C)C)Cc1nn2c(=O)cc(C)nc2s1. The number of carbonyl (C=O) groups excluding carboxylic acids is 1. The molecule has 0 saturated carbocycles. The van der Waals surface area contributed by atoms with Gasteiger partial charge in [-0.3, -0.25) is 14.5 Å². The predicted molar refractivity (Wildman–Crippen MR) is 86.1 cm³/mol. The molecule has 0 aliphatic heterocycles. The Balaban J connectivity index is 2.13. The molecule has 0 spiro atoms. The van der Waals surface area contributed by atoms with Gasteiger partial charge in [0.05, 0.1) is 13.1 Å². The number of aryl methyl sites for hydroxylation is 1. The lowest BCUT2D eigenvalue weighted by Gasteiger charge is -2.19. The minimum atomic E-state index is -0.175. The van der Waals surface area contributed by atoms with Gasteiger partial charge in [-0.15, -0.1) is 0 Å². The highest BCUT2D eigenvalue weighted by Gasteiger charge is 2.14. The van der Waals surface area contributed by atoms with Crippen LogP contribution in [0.1, 0.15) is 31.5 Å². The molecular formula is C14H21N5O2S. The minimum absolute atomic E-state index is 0.0101. The number of aromatic nitrogens is 3. The van der Waals surface area contributed by atoms with Gasteiger partial charge < -0.3 is 5.32 Å². The molecule has 0 aliphatic rings. The monoisotopic (exact) mass is 323 g/mol. The van der Waals surface area contributed by atoms with Crippen LogP contribution in [-0.4, -0.2) is 44.5 Å². The standard InChI is InChI=1S/C14H21N5O2S/c1-5-18(7-11(20)15-9(2)3)8-12-17-19-13(21)6-10(4)16-14(19)22-12/h6,9H,5,7-8H2,1-4H3,(H,15,20). The molecule has 0 unspecified atom stereocenters. The van der Waals surface area contributed by atoms with Gasteiger partial charge in [0, 0.05) is 17.8 Å². The minimum Gasteiger partial charge on any atom is -0.353 e. The third kappa shape index (κ3) is 4.11. The van der Waals surface area contributed by atoms with Crippen molar-refractivity contribution in [2.75, 3.05) is 13.1 Å². The van der Waals surface area contributed by atoms with E-state index in [9.17, 15) is 9.59 Å². The Morgan fingerprint density at radius 2 is 2.23 bits per heavy atom. The van der Waals surface area contributed by atoms with Gasteiger partial charge in [0.15, 0.2) is 0 Å². The van der Waals surface area contributed by atoms with Crippen LogP contribution in [0.25, 0.3) is 4.96 Å². The van der Waals surface area contributed by atoms with Crippen molar-refractivity contribution < 1.29 is 4.79 Å². The highest BCUT2D eigenvalue weighted by Crippen LogP contribution is 2.13. The van der Waals surface area contributed by atoms with E-state index < -0.39 is 0 Å². The van der Waals surface area contributed by atoms with Crippen LogP contribution in [0, 0.1) is 6.92 Å². The van der Waals surface area contributed by atoms with E-state index in [2.05, 4.69) is 15.4 Å². The summed E-state index contributed by atoms with van der Waals surface area (Å²) < 4.78 is 1.31. The second-order valence-corrected chi connectivity index (χ2v) is 6.49. The van der Waals surface area contributed by atoms with E-state index in [-0.39, 0.29) is 17.5 Å². The second-order valence-electron chi connectivity index (χ2n) is 5.45. The molecule has 0 saturated heterocycles. The van der Waals surface area contributed by atoms with E-state index >= 15 is 0 Å². The van der Waals surface area contributed by atoms with Gasteiger partial charge in [0.2, 0.25) is 10.9 Å². The third-order valence-electron chi connectivity index (χ3n) is 3.04. The zero-order chi connectivity index (χ0) is 16.3. The molecule has 22 heavy (non-hydrogen) atoms. The van der Waals surface area contributed by atoms with E-state index in [0.717, 1.165) is 11.6 Å². The van der Waals surface area contributed by atoms with Crippen molar-refractivity contribution in [3.8, 4) is 0 Å². The Hall–Kier alpha value is -1.80. The van der Waals surface area contributed by atoms with E-state index in [0.29, 0.717) is 23.7 Å². The lowest BCUT2D eigenvalue weighted by Crippen LogP contribution is -2.39. The van der Waals surface area contributed by atoms with Crippen molar-refractivity contribution in [1.82, 2.24) is 24.8 Å². The van der Waals surface area contributed by atoms with Gasteiger partial charge in [0.1, 0.15) is 5.01 Å².